The molecule has 2 saturated heterocycles. The molecule has 15 nitrogen and oxygen atoms in total. The number of cyclic esters (lactones) is 1. The number of nitrogens with zero attached hydrogens (tertiary/aromatic N) is 6. The minimum atomic E-state index is -0.636. The van der Waals surface area contributed by atoms with E-state index in [-0.39, 0.29) is 49.2 Å². The molecule has 3 aliphatic rings. The Bertz CT molecular complexity index is 2030. The quantitative estimate of drug-likeness (QED) is 0.0924. The van der Waals surface area contributed by atoms with Crippen LogP contribution in [0.3, 0.4) is 0 Å². The molecule has 0 unspecified atom stereocenters. The third-order valence-electron chi connectivity index (χ3n) is 10.2. The normalized spacial score (nSPS) is 17.0. The van der Waals surface area contributed by atoms with Crippen LogP contribution in [-0.2, 0) is 24.0 Å². The first-order valence-electron chi connectivity index (χ1n) is 22.3. The predicted molar refractivity (Wildman–Crippen MR) is 248 cm³/mol. The molecule has 2 atom stereocenters. The first-order chi connectivity index (χ1) is 30.1. The lowest BCUT2D eigenvalue weighted by Crippen LogP contribution is -2.51. The zero-order chi connectivity index (χ0) is 46.1. The standard InChI is InChI=1S/C13H19NO2.C12H16N2O2.C12H18N2O.C11H18N2O3/c1-9(2)8-10-4-3-7-14(13(10)16)11-5-6-12(11)15;1-9(2)8-10-4-3-5-11(13-10)14-6-7-16-12(14)15;1-9(2)6-10-4-3-5-12(13-10)14-7-11(15)8-14;1-8(2)13-10-4-3-5-12-11(10)16-9(6-14)7-15/h3-4,7,9,11-12,15H,5-6,8H2,1-2H3;3-5,9H,6-8H2,1-2H3;3-5,9,11,15H,6-8H2,1-2H3;3-5,8-9,13-15H,6-7H2,1-2H3/t11-,12+;;;/m0.../s1. The number of anilines is 3. The number of aliphatic hydroxyl groups is 4. The van der Waals surface area contributed by atoms with Crippen LogP contribution in [-0.4, -0.2) is 110 Å². The lowest BCUT2D eigenvalue weighted by atomic mass is 9.88. The molecule has 63 heavy (non-hydrogen) atoms. The Morgan fingerprint density at radius 3 is 1.90 bits per heavy atom. The summed E-state index contributed by atoms with van der Waals surface area (Å²) >= 11 is 0. The molecule has 4 aromatic heterocycles. The highest BCUT2D eigenvalue weighted by atomic mass is 16.6. The van der Waals surface area contributed by atoms with Crippen molar-refractivity contribution in [3.8, 4) is 5.88 Å². The average molecular weight is 874 g/mol. The maximum Gasteiger partial charge on any atom is 0.415 e. The molecule has 7 rings (SSSR count). The van der Waals surface area contributed by atoms with Crippen LogP contribution in [0.15, 0.2) is 77.9 Å². The average Bonchev–Trinajstić information content (AvgIpc) is 3.66. The van der Waals surface area contributed by atoms with Crippen molar-refractivity contribution in [3.63, 3.8) is 0 Å². The van der Waals surface area contributed by atoms with Gasteiger partial charge in [0.15, 0.2) is 0 Å². The molecule has 1 saturated carbocycles. The molecule has 0 aromatic carbocycles. The van der Waals surface area contributed by atoms with E-state index in [1.807, 2.05) is 62.4 Å². The van der Waals surface area contributed by atoms with Gasteiger partial charge in [-0.1, -0.05) is 59.7 Å². The lowest BCUT2D eigenvalue weighted by Gasteiger charge is -2.37. The molecular formula is C48H71N7O8. The van der Waals surface area contributed by atoms with E-state index in [0.717, 1.165) is 73.7 Å². The molecule has 15 heteroatoms. The Balaban J connectivity index is 0.000000184. The van der Waals surface area contributed by atoms with Gasteiger partial charge >= 0.3 is 6.09 Å². The second kappa shape index (κ2) is 25.3. The smallest absolute Gasteiger partial charge is 0.415 e. The largest absolute Gasteiger partial charge is 0.468 e. The third kappa shape index (κ3) is 16.2. The summed E-state index contributed by atoms with van der Waals surface area (Å²) in [6.07, 6.45) is 6.43. The molecule has 4 aromatic rings. The van der Waals surface area contributed by atoms with Crippen molar-refractivity contribution < 1.29 is 34.7 Å². The van der Waals surface area contributed by atoms with Crippen LogP contribution in [0.4, 0.5) is 22.1 Å². The zero-order valence-electron chi connectivity index (χ0n) is 38.4. The SMILES string of the molecule is CC(C)Cc1cccc(N2CC(O)C2)n1.CC(C)Cc1cccc(N2CCOC2=O)n1.CC(C)Cc1cccn([C@H]2CC[C@H]2O)c1=O.CC(C)Nc1cccnc1OC(CO)CO. The number of amides is 1. The number of ether oxygens (including phenoxy) is 2. The second-order valence-electron chi connectivity index (χ2n) is 17.8. The van der Waals surface area contributed by atoms with Gasteiger partial charge in [0.25, 0.3) is 5.56 Å². The van der Waals surface area contributed by atoms with Crippen molar-refractivity contribution in [1.82, 2.24) is 19.5 Å². The van der Waals surface area contributed by atoms with E-state index in [4.69, 9.17) is 19.7 Å². The number of carbonyl (C=O) groups is 1. The van der Waals surface area contributed by atoms with Crippen molar-refractivity contribution in [2.75, 3.05) is 54.6 Å². The fourth-order valence-corrected chi connectivity index (χ4v) is 6.97. The summed E-state index contributed by atoms with van der Waals surface area (Å²) in [4.78, 5) is 40.3. The molecule has 0 bridgehead atoms. The summed E-state index contributed by atoms with van der Waals surface area (Å²) in [5.41, 5.74) is 3.84. The number of carbonyl (C=O) groups excluding carboxylic acids is 1. The number of rotatable bonds is 15. The Morgan fingerprint density at radius 2 is 1.40 bits per heavy atom. The van der Waals surface area contributed by atoms with Crippen LogP contribution >= 0.6 is 0 Å². The van der Waals surface area contributed by atoms with Gasteiger partial charge < -0.3 is 44.7 Å². The van der Waals surface area contributed by atoms with Crippen molar-refractivity contribution in [2.45, 2.75) is 118 Å². The van der Waals surface area contributed by atoms with E-state index in [9.17, 15) is 19.8 Å². The molecule has 5 N–H and O–H groups in total. The van der Waals surface area contributed by atoms with Crippen LogP contribution in [0.25, 0.3) is 0 Å². The highest BCUT2D eigenvalue weighted by molar-refractivity contribution is 5.88. The summed E-state index contributed by atoms with van der Waals surface area (Å²) in [7, 11) is 0. The van der Waals surface area contributed by atoms with Gasteiger partial charge in [-0.25, -0.2) is 19.7 Å². The van der Waals surface area contributed by atoms with Crippen molar-refractivity contribution in [3.05, 3.63) is 100 Å². The maximum atomic E-state index is 12.1. The van der Waals surface area contributed by atoms with Gasteiger partial charge in [0.1, 0.15) is 24.3 Å². The third-order valence-corrected chi connectivity index (χ3v) is 10.2. The van der Waals surface area contributed by atoms with Crippen molar-refractivity contribution >= 4 is 23.4 Å². The number of hydrogen-bond acceptors (Lipinski definition) is 13. The fourth-order valence-electron chi connectivity index (χ4n) is 6.97. The molecule has 6 heterocycles. The Labute approximate surface area is 373 Å². The Kier molecular flexibility index (Phi) is 20.3. The van der Waals surface area contributed by atoms with Crippen LogP contribution in [0.5, 0.6) is 5.88 Å². The number of hydrogen-bond donors (Lipinski definition) is 5. The van der Waals surface area contributed by atoms with E-state index >= 15 is 0 Å². The first kappa shape index (κ1) is 50.6. The topological polar surface area (TPSA) is 196 Å². The molecule has 346 valence electrons. The zero-order valence-corrected chi connectivity index (χ0v) is 38.4. The van der Waals surface area contributed by atoms with E-state index in [0.29, 0.717) is 42.6 Å². The Morgan fingerprint density at radius 1 is 0.778 bits per heavy atom. The molecule has 1 amide bonds. The summed E-state index contributed by atoms with van der Waals surface area (Å²) in [6.45, 7) is 18.9. The van der Waals surface area contributed by atoms with Crippen molar-refractivity contribution in [2.24, 2.45) is 17.8 Å². The highest BCUT2D eigenvalue weighted by Crippen LogP contribution is 2.31. The summed E-state index contributed by atoms with van der Waals surface area (Å²) in [6, 6.07) is 19.6. The Hall–Kier alpha value is -5.09. The van der Waals surface area contributed by atoms with Crippen LogP contribution < -0.4 is 25.4 Å². The number of aromatic nitrogens is 4. The van der Waals surface area contributed by atoms with Gasteiger partial charge in [0.05, 0.1) is 43.7 Å². The second-order valence-corrected chi connectivity index (χ2v) is 17.8. The van der Waals surface area contributed by atoms with E-state index in [2.05, 4.69) is 72.8 Å². The number of β-amino-alcohol motifs (C(OH)–C–C–N with tert-alkyl or cyclic N) is 1. The molecule has 3 fully saturated rings. The minimum absolute atomic E-state index is 0.000359. The van der Waals surface area contributed by atoms with Crippen LogP contribution in [0, 0.1) is 17.8 Å². The van der Waals surface area contributed by atoms with Gasteiger partial charge in [-0.05, 0) is 106 Å². The monoisotopic (exact) mass is 874 g/mol. The first-order valence-corrected chi connectivity index (χ1v) is 22.3. The van der Waals surface area contributed by atoms with Crippen LogP contribution in [0.2, 0.25) is 0 Å². The van der Waals surface area contributed by atoms with Gasteiger partial charge in [-0.15, -0.1) is 0 Å². The van der Waals surface area contributed by atoms with Crippen LogP contribution in [0.1, 0.15) is 91.2 Å². The summed E-state index contributed by atoms with van der Waals surface area (Å²) in [5, 5.41) is 39.9. The predicted octanol–water partition coefficient (Wildman–Crippen LogP) is 6.07. The molecule has 2 aliphatic heterocycles. The lowest BCUT2D eigenvalue weighted by molar-refractivity contribution is 0.0297. The maximum absolute atomic E-state index is 12.1. The highest BCUT2D eigenvalue weighted by Gasteiger charge is 2.31. The summed E-state index contributed by atoms with van der Waals surface area (Å²) < 4.78 is 12.0. The summed E-state index contributed by atoms with van der Waals surface area (Å²) in [5.74, 6) is 3.77. The number of pyridine rings is 4. The van der Waals surface area contributed by atoms with Gasteiger partial charge in [-0.3, -0.25) is 9.69 Å². The van der Waals surface area contributed by atoms with Gasteiger partial charge in [0, 0.05) is 48.5 Å². The molecular weight excluding hydrogens is 803 g/mol. The molecule has 0 spiro atoms. The van der Waals surface area contributed by atoms with E-state index in [1.165, 1.54) is 0 Å². The van der Waals surface area contributed by atoms with Gasteiger partial charge in [-0.2, -0.15) is 0 Å². The van der Waals surface area contributed by atoms with E-state index < -0.39 is 6.10 Å². The number of aliphatic hydroxyl groups excluding tert-OH is 4. The fraction of sp³-hybridized carbons (Fsp3) is 0.562. The molecule has 0 radical (unpaired) electrons. The van der Waals surface area contributed by atoms with E-state index in [1.54, 1.807) is 27.9 Å². The van der Waals surface area contributed by atoms with Crippen molar-refractivity contribution in [1.29, 1.82) is 0 Å². The minimum Gasteiger partial charge on any atom is -0.468 e. The molecule has 1 aliphatic carbocycles. The number of nitrogens with one attached hydrogen (secondary N) is 1. The van der Waals surface area contributed by atoms with Gasteiger partial charge in [0.2, 0.25) is 5.88 Å².